The fourth-order valence-corrected chi connectivity index (χ4v) is 0.966. The van der Waals surface area contributed by atoms with Crippen LogP contribution in [0.25, 0.3) is 0 Å². The highest BCUT2D eigenvalue weighted by Gasteiger charge is 1.98. The molecule has 0 fully saturated rings. The average molecular weight is 147 g/mol. The molecule has 58 valence electrons. The molecule has 1 aromatic rings. The van der Waals surface area contributed by atoms with Gasteiger partial charge in [-0.25, -0.2) is 0 Å². The summed E-state index contributed by atoms with van der Waals surface area (Å²) in [5, 5.41) is 7.07. The van der Waals surface area contributed by atoms with Crippen molar-refractivity contribution in [3.8, 4) is 0 Å². The summed E-state index contributed by atoms with van der Waals surface area (Å²) in [6, 6.07) is 8.31. The highest BCUT2D eigenvalue weighted by atomic mass is 14.3. The van der Waals surface area contributed by atoms with Crippen molar-refractivity contribution in [2.45, 2.75) is 19.8 Å². The third kappa shape index (κ3) is 1.90. The lowest BCUT2D eigenvalue weighted by Gasteiger charge is -2.04. The molecule has 0 aliphatic heterocycles. The van der Waals surface area contributed by atoms with Crippen LogP contribution in [0.2, 0.25) is 0 Å². The van der Waals surface area contributed by atoms with Gasteiger partial charge in [0.15, 0.2) is 0 Å². The molecule has 1 rings (SSSR count). The SMILES string of the molecule is Cc1ccc([C@H](C)C=N)cc1. The van der Waals surface area contributed by atoms with E-state index in [1.54, 1.807) is 0 Å². The van der Waals surface area contributed by atoms with Gasteiger partial charge in [0.05, 0.1) is 0 Å². The van der Waals surface area contributed by atoms with Crippen LogP contribution in [-0.2, 0) is 0 Å². The van der Waals surface area contributed by atoms with E-state index in [-0.39, 0.29) is 5.92 Å². The standard InChI is InChI=1S/C10H13N/c1-8-3-5-10(6-4-8)9(2)7-11/h3-7,9,11H,1-2H3/t9-/m1/s1. The monoisotopic (exact) mass is 147 g/mol. The van der Waals surface area contributed by atoms with Gasteiger partial charge in [0, 0.05) is 12.1 Å². The highest BCUT2D eigenvalue weighted by molar-refractivity contribution is 5.63. The van der Waals surface area contributed by atoms with Crippen LogP contribution in [0.4, 0.5) is 0 Å². The van der Waals surface area contributed by atoms with E-state index in [1.807, 2.05) is 6.92 Å². The lowest BCUT2D eigenvalue weighted by molar-refractivity contribution is 1.03. The van der Waals surface area contributed by atoms with Crippen LogP contribution in [0.5, 0.6) is 0 Å². The number of hydrogen-bond donors (Lipinski definition) is 1. The Kier molecular flexibility index (Phi) is 2.42. The normalized spacial score (nSPS) is 12.5. The minimum atomic E-state index is 0.246. The van der Waals surface area contributed by atoms with E-state index in [9.17, 15) is 0 Å². The molecule has 1 atom stereocenters. The Morgan fingerprint density at radius 1 is 1.27 bits per heavy atom. The molecular weight excluding hydrogens is 134 g/mol. The van der Waals surface area contributed by atoms with Crippen molar-refractivity contribution in [3.63, 3.8) is 0 Å². The van der Waals surface area contributed by atoms with Crippen LogP contribution in [0.1, 0.15) is 24.0 Å². The van der Waals surface area contributed by atoms with Crippen LogP contribution in [0.3, 0.4) is 0 Å². The molecule has 1 heteroatoms. The summed E-state index contributed by atoms with van der Waals surface area (Å²) in [6.45, 7) is 4.09. The summed E-state index contributed by atoms with van der Waals surface area (Å²) in [5.41, 5.74) is 2.48. The van der Waals surface area contributed by atoms with Gasteiger partial charge in [-0.15, -0.1) is 0 Å². The summed E-state index contributed by atoms with van der Waals surface area (Å²) in [4.78, 5) is 0. The van der Waals surface area contributed by atoms with Gasteiger partial charge in [0.25, 0.3) is 0 Å². The molecule has 1 nitrogen and oxygen atoms in total. The van der Waals surface area contributed by atoms with E-state index in [2.05, 4.69) is 31.2 Å². The Hall–Kier alpha value is -1.11. The second-order valence-electron chi connectivity index (χ2n) is 2.87. The number of hydrogen-bond acceptors (Lipinski definition) is 1. The maximum Gasteiger partial charge on any atom is 0.0158 e. The lowest BCUT2D eigenvalue weighted by Crippen LogP contribution is -1.92. The lowest BCUT2D eigenvalue weighted by atomic mass is 10.0. The Labute approximate surface area is 67.6 Å². The maximum absolute atomic E-state index is 7.07. The van der Waals surface area contributed by atoms with Gasteiger partial charge in [0.2, 0.25) is 0 Å². The van der Waals surface area contributed by atoms with Crippen LogP contribution in [0.15, 0.2) is 24.3 Å². The van der Waals surface area contributed by atoms with E-state index in [0.29, 0.717) is 0 Å². The van der Waals surface area contributed by atoms with Gasteiger partial charge in [-0.3, -0.25) is 0 Å². The van der Waals surface area contributed by atoms with E-state index < -0.39 is 0 Å². The van der Waals surface area contributed by atoms with Crippen LogP contribution in [0, 0.1) is 12.3 Å². The van der Waals surface area contributed by atoms with E-state index >= 15 is 0 Å². The van der Waals surface area contributed by atoms with Gasteiger partial charge in [0.1, 0.15) is 0 Å². The first kappa shape index (κ1) is 7.99. The predicted octanol–water partition coefficient (Wildman–Crippen LogP) is 2.75. The van der Waals surface area contributed by atoms with Crippen molar-refractivity contribution in [1.29, 1.82) is 5.41 Å². The van der Waals surface area contributed by atoms with E-state index in [1.165, 1.54) is 17.3 Å². The third-order valence-electron chi connectivity index (χ3n) is 1.85. The predicted molar refractivity (Wildman–Crippen MR) is 48.4 cm³/mol. The molecule has 0 aliphatic carbocycles. The van der Waals surface area contributed by atoms with Crippen molar-refractivity contribution >= 4 is 6.21 Å². The van der Waals surface area contributed by atoms with E-state index in [0.717, 1.165) is 0 Å². The fraction of sp³-hybridized carbons (Fsp3) is 0.300. The number of rotatable bonds is 2. The molecule has 11 heavy (non-hydrogen) atoms. The Balaban J connectivity index is 2.89. The van der Waals surface area contributed by atoms with Gasteiger partial charge in [-0.05, 0) is 12.5 Å². The summed E-state index contributed by atoms with van der Waals surface area (Å²) in [7, 11) is 0. The molecule has 0 unspecified atom stereocenters. The van der Waals surface area contributed by atoms with Crippen molar-refractivity contribution in [3.05, 3.63) is 35.4 Å². The minimum Gasteiger partial charge on any atom is -0.312 e. The van der Waals surface area contributed by atoms with E-state index in [4.69, 9.17) is 5.41 Å². The maximum atomic E-state index is 7.07. The second kappa shape index (κ2) is 3.33. The van der Waals surface area contributed by atoms with Gasteiger partial charge in [-0.2, -0.15) is 0 Å². The topological polar surface area (TPSA) is 23.9 Å². The number of nitrogens with one attached hydrogen (secondary N) is 1. The molecule has 0 bridgehead atoms. The van der Waals surface area contributed by atoms with Gasteiger partial charge >= 0.3 is 0 Å². The number of benzene rings is 1. The van der Waals surface area contributed by atoms with Crippen LogP contribution >= 0.6 is 0 Å². The summed E-state index contributed by atoms with van der Waals surface area (Å²) in [5.74, 6) is 0.246. The first-order valence-corrected chi connectivity index (χ1v) is 3.81. The van der Waals surface area contributed by atoms with Crippen molar-refractivity contribution in [2.75, 3.05) is 0 Å². The molecule has 1 N–H and O–H groups in total. The average Bonchev–Trinajstić information content (AvgIpc) is 2.05. The first-order chi connectivity index (χ1) is 5.24. The Bertz CT molecular complexity index is 236. The molecule has 0 radical (unpaired) electrons. The molecule has 0 heterocycles. The molecule has 0 aromatic heterocycles. The zero-order valence-electron chi connectivity index (χ0n) is 6.96. The smallest absolute Gasteiger partial charge is 0.0158 e. The largest absolute Gasteiger partial charge is 0.312 e. The molecule has 0 amide bonds. The summed E-state index contributed by atoms with van der Waals surface area (Å²) in [6.07, 6.45) is 1.46. The molecule has 1 aromatic carbocycles. The summed E-state index contributed by atoms with van der Waals surface area (Å²) >= 11 is 0. The third-order valence-corrected chi connectivity index (χ3v) is 1.85. The molecule has 0 spiro atoms. The molecule has 0 saturated heterocycles. The van der Waals surface area contributed by atoms with Crippen molar-refractivity contribution < 1.29 is 0 Å². The van der Waals surface area contributed by atoms with Crippen molar-refractivity contribution in [1.82, 2.24) is 0 Å². The zero-order valence-corrected chi connectivity index (χ0v) is 6.96. The van der Waals surface area contributed by atoms with Crippen molar-refractivity contribution in [2.24, 2.45) is 0 Å². The molecule has 0 aliphatic rings. The molecule has 0 saturated carbocycles. The highest BCUT2D eigenvalue weighted by Crippen LogP contribution is 2.12. The fourth-order valence-electron chi connectivity index (χ4n) is 0.966. The summed E-state index contributed by atoms with van der Waals surface area (Å²) < 4.78 is 0. The minimum absolute atomic E-state index is 0.246. The van der Waals surface area contributed by atoms with Crippen LogP contribution < -0.4 is 0 Å². The number of aryl methyl sites for hydroxylation is 1. The van der Waals surface area contributed by atoms with Crippen LogP contribution in [-0.4, -0.2) is 6.21 Å². The van der Waals surface area contributed by atoms with Gasteiger partial charge < -0.3 is 5.41 Å². The van der Waals surface area contributed by atoms with Gasteiger partial charge in [-0.1, -0.05) is 36.8 Å². The Morgan fingerprint density at radius 2 is 1.82 bits per heavy atom. The first-order valence-electron chi connectivity index (χ1n) is 3.81. The Morgan fingerprint density at radius 3 is 2.27 bits per heavy atom. The second-order valence-corrected chi connectivity index (χ2v) is 2.87. The molecular formula is C10H13N. The quantitative estimate of drug-likeness (QED) is 0.622. The zero-order chi connectivity index (χ0) is 8.27.